The molecule has 0 N–H and O–H groups in total. The maximum atomic E-state index is 12.8. The molecule has 0 saturated heterocycles. The first-order chi connectivity index (χ1) is 10.6. The average Bonchev–Trinajstić information content (AvgIpc) is 2.49. The summed E-state index contributed by atoms with van der Waals surface area (Å²) in [5.74, 6) is 1.65. The summed E-state index contributed by atoms with van der Waals surface area (Å²) in [5.41, 5.74) is -0.685. The van der Waals surface area contributed by atoms with Gasteiger partial charge < -0.3 is 4.74 Å². The van der Waals surface area contributed by atoms with Crippen molar-refractivity contribution < 1.29 is 9.53 Å². The summed E-state index contributed by atoms with van der Waals surface area (Å²) in [5, 5.41) is 0. The van der Waals surface area contributed by atoms with Gasteiger partial charge in [-0.3, -0.25) is 4.79 Å². The quantitative estimate of drug-likeness (QED) is 0.312. The highest BCUT2D eigenvalue weighted by Gasteiger charge is 2.42. The lowest BCUT2D eigenvalue weighted by molar-refractivity contribution is -0.178. The average molecular weight is 454 g/mol. The Balaban J connectivity index is 0. The molecule has 1 atom stereocenters. The van der Waals surface area contributed by atoms with Gasteiger partial charge in [-0.15, -0.1) is 24.0 Å². The SMILES string of the molecule is CC.CCCC(C)(C(=O)OC(C)(C)C1CCC(C)CC1)C(C)C.I. The summed E-state index contributed by atoms with van der Waals surface area (Å²) < 4.78 is 6.05. The molecule has 0 aromatic carbocycles. The van der Waals surface area contributed by atoms with E-state index in [2.05, 4.69) is 48.5 Å². The van der Waals surface area contributed by atoms with Crippen molar-refractivity contribution in [1.82, 2.24) is 0 Å². The maximum Gasteiger partial charge on any atom is 0.312 e. The van der Waals surface area contributed by atoms with E-state index in [0.717, 1.165) is 18.8 Å². The van der Waals surface area contributed by atoms with E-state index in [1.54, 1.807) is 0 Å². The Kier molecular flexibility index (Phi) is 12.9. The number of esters is 1. The van der Waals surface area contributed by atoms with Gasteiger partial charge in [0.1, 0.15) is 5.60 Å². The summed E-state index contributed by atoms with van der Waals surface area (Å²) in [7, 11) is 0. The van der Waals surface area contributed by atoms with Crippen molar-refractivity contribution in [1.29, 1.82) is 0 Å². The minimum absolute atomic E-state index is 0. The standard InChI is InChI=1S/C19H36O2.C2H6.HI/c1-8-13-19(7,14(2)3)17(20)21-18(5,6)16-11-9-15(4)10-12-16;1-2;/h14-16H,8-13H2,1-7H3;1-2H3;1H. The van der Waals surface area contributed by atoms with Crippen LogP contribution in [0.15, 0.2) is 0 Å². The van der Waals surface area contributed by atoms with E-state index in [9.17, 15) is 4.79 Å². The summed E-state index contributed by atoms with van der Waals surface area (Å²) in [6, 6.07) is 0. The molecular weight excluding hydrogens is 411 g/mol. The van der Waals surface area contributed by atoms with Crippen LogP contribution >= 0.6 is 24.0 Å². The topological polar surface area (TPSA) is 26.3 Å². The van der Waals surface area contributed by atoms with Gasteiger partial charge in [-0.25, -0.2) is 0 Å². The molecule has 1 fully saturated rings. The molecule has 2 nitrogen and oxygen atoms in total. The van der Waals surface area contributed by atoms with E-state index in [1.807, 2.05) is 13.8 Å². The number of hydrogen-bond donors (Lipinski definition) is 0. The zero-order valence-corrected chi connectivity index (χ0v) is 20.0. The Morgan fingerprint density at radius 2 is 1.54 bits per heavy atom. The second-order valence-corrected chi connectivity index (χ2v) is 8.27. The first kappa shape index (κ1) is 26.4. The van der Waals surface area contributed by atoms with Gasteiger partial charge in [-0.05, 0) is 57.8 Å². The highest BCUT2D eigenvalue weighted by molar-refractivity contribution is 14.0. The molecule has 0 aliphatic heterocycles. The van der Waals surface area contributed by atoms with Crippen LogP contribution in [0.1, 0.15) is 101 Å². The monoisotopic (exact) mass is 454 g/mol. The van der Waals surface area contributed by atoms with Gasteiger partial charge in [-0.2, -0.15) is 0 Å². The second-order valence-electron chi connectivity index (χ2n) is 8.27. The van der Waals surface area contributed by atoms with Crippen molar-refractivity contribution in [2.75, 3.05) is 0 Å². The fraction of sp³-hybridized carbons (Fsp3) is 0.952. The third-order valence-electron chi connectivity index (χ3n) is 5.86. The Bertz CT molecular complexity index is 344. The third-order valence-corrected chi connectivity index (χ3v) is 5.86. The van der Waals surface area contributed by atoms with Crippen LogP contribution in [0.25, 0.3) is 0 Å². The molecule has 0 radical (unpaired) electrons. The van der Waals surface area contributed by atoms with Gasteiger partial charge in [0.15, 0.2) is 0 Å². The Hall–Kier alpha value is 0.200. The molecular formula is C21H43IO2. The van der Waals surface area contributed by atoms with Crippen LogP contribution in [0.3, 0.4) is 0 Å². The van der Waals surface area contributed by atoms with E-state index in [-0.39, 0.29) is 41.0 Å². The van der Waals surface area contributed by atoms with E-state index in [4.69, 9.17) is 4.74 Å². The van der Waals surface area contributed by atoms with Crippen molar-refractivity contribution in [3.8, 4) is 0 Å². The Labute approximate surface area is 168 Å². The molecule has 0 spiro atoms. The summed E-state index contributed by atoms with van der Waals surface area (Å²) in [6.45, 7) is 19.0. The lowest BCUT2D eigenvalue weighted by Gasteiger charge is -2.41. The normalized spacial score (nSPS) is 23.4. The third kappa shape index (κ3) is 7.21. The van der Waals surface area contributed by atoms with Crippen molar-refractivity contribution in [3.63, 3.8) is 0 Å². The molecule has 1 unspecified atom stereocenters. The van der Waals surface area contributed by atoms with Gasteiger partial charge in [0.25, 0.3) is 0 Å². The number of ether oxygens (including phenoxy) is 1. The van der Waals surface area contributed by atoms with Crippen LogP contribution in [-0.2, 0) is 9.53 Å². The number of hydrogen-bond acceptors (Lipinski definition) is 2. The summed E-state index contributed by atoms with van der Waals surface area (Å²) in [6.07, 6.45) is 6.83. The Morgan fingerprint density at radius 3 is 1.92 bits per heavy atom. The predicted molar refractivity (Wildman–Crippen MR) is 116 cm³/mol. The van der Waals surface area contributed by atoms with Crippen LogP contribution in [-0.4, -0.2) is 11.6 Å². The summed E-state index contributed by atoms with van der Waals surface area (Å²) in [4.78, 5) is 12.8. The van der Waals surface area contributed by atoms with E-state index < -0.39 is 0 Å². The van der Waals surface area contributed by atoms with Gasteiger partial charge >= 0.3 is 5.97 Å². The van der Waals surface area contributed by atoms with Gasteiger partial charge in [0.2, 0.25) is 0 Å². The van der Waals surface area contributed by atoms with Crippen molar-refractivity contribution in [3.05, 3.63) is 0 Å². The largest absolute Gasteiger partial charge is 0.459 e. The highest BCUT2D eigenvalue weighted by Crippen LogP contribution is 2.40. The fourth-order valence-corrected chi connectivity index (χ4v) is 3.54. The number of halogens is 1. The molecule has 1 rings (SSSR count). The molecule has 0 aromatic rings. The lowest BCUT2D eigenvalue weighted by Crippen LogP contribution is -2.44. The molecule has 3 heteroatoms. The molecule has 0 aromatic heterocycles. The molecule has 1 saturated carbocycles. The fourth-order valence-electron chi connectivity index (χ4n) is 3.54. The number of carbonyl (C=O) groups is 1. The molecule has 1 aliphatic rings. The minimum Gasteiger partial charge on any atom is -0.459 e. The minimum atomic E-state index is -0.353. The molecule has 24 heavy (non-hydrogen) atoms. The smallest absolute Gasteiger partial charge is 0.312 e. The summed E-state index contributed by atoms with van der Waals surface area (Å²) >= 11 is 0. The molecule has 0 amide bonds. The lowest BCUT2D eigenvalue weighted by atomic mass is 9.73. The molecule has 0 bridgehead atoms. The van der Waals surface area contributed by atoms with E-state index in [0.29, 0.717) is 11.8 Å². The van der Waals surface area contributed by atoms with Crippen molar-refractivity contribution in [2.45, 2.75) is 106 Å². The first-order valence-electron chi connectivity index (χ1n) is 9.87. The predicted octanol–water partition coefficient (Wildman–Crippen LogP) is 7.24. The molecule has 0 heterocycles. The number of carbonyl (C=O) groups excluding carboxylic acids is 1. The van der Waals surface area contributed by atoms with Crippen LogP contribution < -0.4 is 0 Å². The zero-order chi connectivity index (χ0) is 18.3. The van der Waals surface area contributed by atoms with Gasteiger partial charge in [0.05, 0.1) is 5.41 Å². The van der Waals surface area contributed by atoms with E-state index in [1.165, 1.54) is 25.7 Å². The molecule has 146 valence electrons. The van der Waals surface area contributed by atoms with E-state index >= 15 is 0 Å². The molecule has 1 aliphatic carbocycles. The van der Waals surface area contributed by atoms with Crippen molar-refractivity contribution in [2.24, 2.45) is 23.2 Å². The maximum absolute atomic E-state index is 12.8. The van der Waals surface area contributed by atoms with Crippen molar-refractivity contribution >= 4 is 29.9 Å². The van der Waals surface area contributed by atoms with Crippen LogP contribution in [0.5, 0.6) is 0 Å². The zero-order valence-electron chi connectivity index (χ0n) is 17.7. The highest BCUT2D eigenvalue weighted by atomic mass is 127. The van der Waals surface area contributed by atoms with Gasteiger partial charge in [-0.1, -0.05) is 60.8 Å². The van der Waals surface area contributed by atoms with Gasteiger partial charge in [0, 0.05) is 0 Å². The first-order valence-corrected chi connectivity index (χ1v) is 9.87. The second kappa shape index (κ2) is 11.7. The number of rotatable bonds is 6. The Morgan fingerprint density at radius 1 is 1.08 bits per heavy atom. The van der Waals surface area contributed by atoms with Crippen LogP contribution in [0.4, 0.5) is 0 Å². The van der Waals surface area contributed by atoms with Crippen LogP contribution in [0, 0.1) is 23.2 Å². The van der Waals surface area contributed by atoms with Crippen LogP contribution in [0.2, 0.25) is 0 Å².